The second-order valence-electron chi connectivity index (χ2n) is 5.65. The maximum atomic E-state index is 10.4. The van der Waals surface area contributed by atoms with Crippen LogP contribution in [-0.4, -0.2) is 5.11 Å². The van der Waals surface area contributed by atoms with Crippen LogP contribution in [0.1, 0.15) is 10.4 Å². The molecule has 0 bridgehead atoms. The van der Waals surface area contributed by atoms with Crippen molar-refractivity contribution in [1.82, 2.24) is 0 Å². The predicted molar refractivity (Wildman–Crippen MR) is 95.9 cm³/mol. The highest BCUT2D eigenvalue weighted by Gasteiger charge is 2.16. The smallest absolute Gasteiger partial charge is 0.123 e. The Labute approximate surface area is 133 Å². The third-order valence-electron chi connectivity index (χ3n) is 4.35. The highest BCUT2D eigenvalue weighted by molar-refractivity contribution is 7.19. The molecule has 4 aromatic rings. The van der Waals surface area contributed by atoms with Crippen LogP contribution >= 0.6 is 11.3 Å². The molecule has 0 aliphatic carbocycles. The Morgan fingerprint density at radius 3 is 2.45 bits per heavy atom. The minimum atomic E-state index is 0.336. The van der Waals surface area contributed by atoms with E-state index >= 15 is 0 Å². The molecule has 0 spiro atoms. The number of rotatable bonds is 1. The van der Waals surface area contributed by atoms with E-state index in [0.717, 1.165) is 11.1 Å². The molecule has 1 aromatic heterocycles. The van der Waals surface area contributed by atoms with Gasteiger partial charge in [0.05, 0.1) is 0 Å². The molecule has 0 saturated heterocycles. The summed E-state index contributed by atoms with van der Waals surface area (Å²) < 4.78 is 1.28. The topological polar surface area (TPSA) is 20.2 Å². The molecule has 3 aromatic carbocycles. The quantitative estimate of drug-likeness (QED) is 0.454. The van der Waals surface area contributed by atoms with Gasteiger partial charge in [0.25, 0.3) is 0 Å². The lowest BCUT2D eigenvalue weighted by molar-refractivity contribution is 0.477. The minimum absolute atomic E-state index is 0.336. The van der Waals surface area contributed by atoms with Crippen molar-refractivity contribution in [2.45, 2.75) is 13.8 Å². The first-order chi connectivity index (χ1) is 10.7. The summed E-state index contributed by atoms with van der Waals surface area (Å²) in [6.07, 6.45) is 0. The molecule has 0 unspecified atom stereocenters. The van der Waals surface area contributed by atoms with Crippen LogP contribution < -0.4 is 0 Å². The zero-order chi connectivity index (χ0) is 15.3. The summed E-state index contributed by atoms with van der Waals surface area (Å²) in [7, 11) is 0. The first-order valence-electron chi connectivity index (χ1n) is 7.36. The normalized spacial score (nSPS) is 11.4. The average Bonchev–Trinajstić information content (AvgIpc) is 2.80. The Morgan fingerprint density at radius 2 is 1.64 bits per heavy atom. The standard InChI is InChI=1S/C20H16OS/c1-12-13(2)22-18-11-14-7-3-4-8-15(14)20(19(12)18)16-9-5-6-10-17(16)21/h3-11,21H,1-2H3. The van der Waals surface area contributed by atoms with Crippen LogP contribution in [0.15, 0.2) is 54.6 Å². The van der Waals surface area contributed by atoms with Crippen LogP contribution in [0.25, 0.3) is 32.0 Å². The number of hydrogen-bond acceptors (Lipinski definition) is 2. The zero-order valence-electron chi connectivity index (χ0n) is 12.6. The van der Waals surface area contributed by atoms with Gasteiger partial charge >= 0.3 is 0 Å². The third-order valence-corrected chi connectivity index (χ3v) is 5.51. The lowest BCUT2D eigenvalue weighted by atomic mass is 9.92. The van der Waals surface area contributed by atoms with E-state index < -0.39 is 0 Å². The number of hydrogen-bond donors (Lipinski definition) is 1. The van der Waals surface area contributed by atoms with Gasteiger partial charge in [0, 0.05) is 26.1 Å². The minimum Gasteiger partial charge on any atom is -0.507 e. The summed E-state index contributed by atoms with van der Waals surface area (Å²) in [5.41, 5.74) is 3.36. The van der Waals surface area contributed by atoms with Crippen molar-refractivity contribution in [3.8, 4) is 16.9 Å². The fraction of sp³-hybridized carbons (Fsp3) is 0.100. The van der Waals surface area contributed by atoms with E-state index in [1.165, 1.54) is 31.3 Å². The van der Waals surface area contributed by atoms with Crippen molar-refractivity contribution in [2.75, 3.05) is 0 Å². The largest absolute Gasteiger partial charge is 0.507 e. The number of aryl methyl sites for hydroxylation is 2. The van der Waals surface area contributed by atoms with Crippen LogP contribution in [0.4, 0.5) is 0 Å². The maximum absolute atomic E-state index is 10.4. The van der Waals surface area contributed by atoms with Crippen molar-refractivity contribution in [1.29, 1.82) is 0 Å². The highest BCUT2D eigenvalue weighted by Crippen LogP contribution is 2.44. The number of para-hydroxylation sites is 1. The van der Waals surface area contributed by atoms with Gasteiger partial charge in [-0.25, -0.2) is 0 Å². The molecule has 0 aliphatic rings. The zero-order valence-corrected chi connectivity index (χ0v) is 13.4. The summed E-state index contributed by atoms with van der Waals surface area (Å²) in [4.78, 5) is 1.34. The molecule has 0 fully saturated rings. The Balaban J connectivity index is 2.28. The molecule has 1 N–H and O–H groups in total. The Morgan fingerprint density at radius 1 is 0.909 bits per heavy atom. The fourth-order valence-electron chi connectivity index (χ4n) is 3.16. The molecule has 0 atom stereocenters. The van der Waals surface area contributed by atoms with Crippen LogP contribution in [0.2, 0.25) is 0 Å². The SMILES string of the molecule is Cc1sc2cc3ccccc3c(-c3ccccc3O)c2c1C. The van der Waals surface area contributed by atoms with E-state index in [2.05, 4.69) is 44.2 Å². The first-order valence-corrected chi connectivity index (χ1v) is 8.18. The van der Waals surface area contributed by atoms with Gasteiger partial charge in [-0.15, -0.1) is 11.3 Å². The maximum Gasteiger partial charge on any atom is 0.123 e. The van der Waals surface area contributed by atoms with Crippen molar-refractivity contribution >= 4 is 32.2 Å². The number of fused-ring (bicyclic) bond motifs is 2. The van der Waals surface area contributed by atoms with E-state index in [0.29, 0.717) is 5.75 Å². The van der Waals surface area contributed by atoms with Gasteiger partial charge in [-0.2, -0.15) is 0 Å². The molecule has 108 valence electrons. The van der Waals surface area contributed by atoms with E-state index in [-0.39, 0.29) is 0 Å². The Bertz CT molecular complexity index is 1010. The molecular weight excluding hydrogens is 288 g/mol. The van der Waals surface area contributed by atoms with Crippen LogP contribution in [0.5, 0.6) is 5.75 Å². The van der Waals surface area contributed by atoms with Crippen LogP contribution in [-0.2, 0) is 0 Å². The van der Waals surface area contributed by atoms with Gasteiger partial charge < -0.3 is 5.11 Å². The highest BCUT2D eigenvalue weighted by atomic mass is 32.1. The molecule has 0 saturated carbocycles. The molecule has 1 heterocycles. The van der Waals surface area contributed by atoms with Gasteiger partial charge in [0.15, 0.2) is 0 Å². The van der Waals surface area contributed by atoms with Crippen molar-refractivity contribution < 1.29 is 5.11 Å². The van der Waals surface area contributed by atoms with E-state index in [4.69, 9.17) is 0 Å². The Kier molecular flexibility index (Phi) is 2.95. The number of aromatic hydroxyl groups is 1. The van der Waals surface area contributed by atoms with Gasteiger partial charge in [-0.1, -0.05) is 42.5 Å². The molecule has 0 amide bonds. The van der Waals surface area contributed by atoms with Crippen LogP contribution in [0, 0.1) is 13.8 Å². The summed E-state index contributed by atoms with van der Waals surface area (Å²) in [6.45, 7) is 4.34. The summed E-state index contributed by atoms with van der Waals surface area (Å²) in [5, 5.41) is 14.1. The van der Waals surface area contributed by atoms with Gasteiger partial charge in [0.1, 0.15) is 5.75 Å². The number of benzene rings is 3. The average molecular weight is 304 g/mol. The second-order valence-corrected chi connectivity index (χ2v) is 6.90. The molecular formula is C20H16OS. The number of phenols is 1. The van der Waals surface area contributed by atoms with Crippen molar-refractivity contribution in [3.63, 3.8) is 0 Å². The van der Waals surface area contributed by atoms with Crippen molar-refractivity contribution in [3.05, 3.63) is 65.0 Å². The van der Waals surface area contributed by atoms with E-state index in [9.17, 15) is 5.11 Å². The third kappa shape index (κ3) is 1.84. The summed E-state index contributed by atoms with van der Waals surface area (Å²) in [6, 6.07) is 18.3. The van der Waals surface area contributed by atoms with E-state index in [1.54, 1.807) is 6.07 Å². The van der Waals surface area contributed by atoms with E-state index in [1.807, 2.05) is 29.5 Å². The fourth-order valence-corrected chi connectivity index (χ4v) is 4.29. The van der Waals surface area contributed by atoms with Gasteiger partial charge in [0.2, 0.25) is 0 Å². The monoisotopic (exact) mass is 304 g/mol. The molecule has 4 rings (SSSR count). The molecule has 0 aliphatic heterocycles. The summed E-state index contributed by atoms with van der Waals surface area (Å²) >= 11 is 1.83. The Hall–Kier alpha value is -2.32. The molecule has 1 nitrogen and oxygen atoms in total. The van der Waals surface area contributed by atoms with Crippen LogP contribution in [0.3, 0.4) is 0 Å². The lowest BCUT2D eigenvalue weighted by Crippen LogP contribution is -1.85. The molecule has 0 radical (unpaired) electrons. The molecule has 2 heteroatoms. The lowest BCUT2D eigenvalue weighted by Gasteiger charge is -2.12. The number of phenolic OH excluding ortho intramolecular Hbond substituents is 1. The first kappa shape index (κ1) is 13.4. The predicted octanol–water partition coefficient (Wildman–Crippen LogP) is 6.04. The number of thiophene rings is 1. The summed E-state index contributed by atoms with van der Waals surface area (Å²) in [5.74, 6) is 0.336. The van der Waals surface area contributed by atoms with Crippen molar-refractivity contribution in [2.24, 2.45) is 0 Å². The molecule has 22 heavy (non-hydrogen) atoms. The second kappa shape index (κ2) is 4.85. The van der Waals surface area contributed by atoms with Gasteiger partial charge in [-0.05, 0) is 42.3 Å². The van der Waals surface area contributed by atoms with Gasteiger partial charge in [-0.3, -0.25) is 0 Å².